The Labute approximate surface area is 125 Å². The molecule has 3 amide bonds. The van der Waals surface area contributed by atoms with Gasteiger partial charge in [0.05, 0.1) is 11.6 Å². The quantitative estimate of drug-likeness (QED) is 0.874. The first kappa shape index (κ1) is 15.1. The van der Waals surface area contributed by atoms with E-state index in [4.69, 9.17) is 0 Å². The van der Waals surface area contributed by atoms with Crippen LogP contribution in [0.1, 0.15) is 29.7 Å². The molecule has 1 heterocycles. The van der Waals surface area contributed by atoms with Gasteiger partial charge >= 0.3 is 6.03 Å². The van der Waals surface area contributed by atoms with Crippen molar-refractivity contribution in [3.8, 4) is 0 Å². The number of carbonyl (C=O) groups excluding carboxylic acids is 2. The molecule has 0 saturated carbocycles. The number of likely N-dealkylation sites (N-methyl/N-ethyl adjacent to an activating group) is 1. The molecule has 1 aromatic rings. The molecule has 2 rings (SSSR count). The second-order valence-electron chi connectivity index (χ2n) is 5.63. The summed E-state index contributed by atoms with van der Waals surface area (Å²) in [6.07, 6.45) is 0. The minimum atomic E-state index is -0.423. The second-order valence-corrected chi connectivity index (χ2v) is 5.63. The van der Waals surface area contributed by atoms with Crippen LogP contribution in [0.3, 0.4) is 0 Å². The van der Waals surface area contributed by atoms with Gasteiger partial charge in [-0.2, -0.15) is 0 Å². The number of nitrogens with one attached hydrogen (secondary N) is 2. The van der Waals surface area contributed by atoms with Crippen LogP contribution >= 0.6 is 0 Å². The number of allylic oxidation sites excluding steroid dienone is 1. The molecule has 5 nitrogen and oxygen atoms in total. The third-order valence-corrected chi connectivity index (χ3v) is 3.65. The van der Waals surface area contributed by atoms with Crippen LogP contribution in [0.4, 0.5) is 4.79 Å². The largest absolute Gasteiger partial charge is 0.345 e. The zero-order chi connectivity index (χ0) is 15.7. The van der Waals surface area contributed by atoms with Crippen molar-refractivity contribution < 1.29 is 9.59 Å². The fourth-order valence-electron chi connectivity index (χ4n) is 2.52. The monoisotopic (exact) mass is 287 g/mol. The number of hydrogen-bond acceptors (Lipinski definition) is 2. The Balaban J connectivity index is 2.58. The smallest absolute Gasteiger partial charge is 0.319 e. The highest BCUT2D eigenvalue weighted by Crippen LogP contribution is 2.30. The first-order chi connectivity index (χ1) is 9.81. The lowest BCUT2D eigenvalue weighted by atomic mass is 9.90. The van der Waals surface area contributed by atoms with Gasteiger partial charge < -0.3 is 15.5 Å². The average molecular weight is 287 g/mol. The lowest BCUT2D eigenvalue weighted by Gasteiger charge is -2.31. The minimum Gasteiger partial charge on any atom is -0.345 e. The van der Waals surface area contributed by atoms with Crippen molar-refractivity contribution >= 4 is 11.9 Å². The maximum Gasteiger partial charge on any atom is 0.319 e. The summed E-state index contributed by atoms with van der Waals surface area (Å²) in [6, 6.07) is 5.33. The van der Waals surface area contributed by atoms with Gasteiger partial charge in [-0.25, -0.2) is 4.79 Å². The number of hydrogen-bond donors (Lipinski definition) is 2. The number of aryl methyl sites for hydroxylation is 2. The van der Waals surface area contributed by atoms with Crippen molar-refractivity contribution in [3.63, 3.8) is 0 Å². The maximum absolute atomic E-state index is 12.5. The lowest BCUT2D eigenvalue weighted by Crippen LogP contribution is -2.47. The van der Waals surface area contributed by atoms with Crippen LogP contribution in [0.5, 0.6) is 0 Å². The van der Waals surface area contributed by atoms with Gasteiger partial charge in [-0.1, -0.05) is 23.8 Å². The molecule has 0 radical (unpaired) electrons. The Morgan fingerprint density at radius 3 is 2.48 bits per heavy atom. The van der Waals surface area contributed by atoms with E-state index in [-0.39, 0.29) is 11.9 Å². The third-order valence-electron chi connectivity index (χ3n) is 3.65. The first-order valence-corrected chi connectivity index (χ1v) is 6.88. The molecular formula is C16H21N3O2. The van der Waals surface area contributed by atoms with E-state index >= 15 is 0 Å². The number of amides is 3. The molecule has 0 fully saturated rings. The Hall–Kier alpha value is -2.30. The number of benzene rings is 1. The van der Waals surface area contributed by atoms with E-state index < -0.39 is 6.04 Å². The Morgan fingerprint density at radius 2 is 1.86 bits per heavy atom. The van der Waals surface area contributed by atoms with Crippen molar-refractivity contribution in [3.05, 3.63) is 46.2 Å². The van der Waals surface area contributed by atoms with Crippen molar-refractivity contribution in [1.82, 2.24) is 15.5 Å². The zero-order valence-corrected chi connectivity index (χ0v) is 13.1. The summed E-state index contributed by atoms with van der Waals surface area (Å²) in [4.78, 5) is 25.8. The fraction of sp³-hybridized carbons (Fsp3) is 0.375. The normalized spacial score (nSPS) is 18.1. The average Bonchev–Trinajstić information content (AvgIpc) is 2.40. The molecule has 1 unspecified atom stereocenters. The maximum atomic E-state index is 12.5. The van der Waals surface area contributed by atoms with Gasteiger partial charge in [0.25, 0.3) is 5.91 Å². The summed E-state index contributed by atoms with van der Waals surface area (Å²) in [5.41, 5.74) is 4.27. The lowest BCUT2D eigenvalue weighted by molar-refractivity contribution is -0.125. The predicted octanol–water partition coefficient (Wildman–Crippen LogP) is 2.02. The molecule has 1 aliphatic heterocycles. The molecule has 21 heavy (non-hydrogen) atoms. The SMILES string of the molecule is CC1=C(C(=O)N(C)C)C(c2cc(C)ccc2C)NC(=O)N1. The third kappa shape index (κ3) is 2.91. The van der Waals surface area contributed by atoms with E-state index in [0.29, 0.717) is 11.3 Å². The van der Waals surface area contributed by atoms with E-state index in [1.165, 1.54) is 4.90 Å². The van der Waals surface area contributed by atoms with E-state index in [0.717, 1.165) is 16.7 Å². The zero-order valence-electron chi connectivity index (χ0n) is 13.1. The minimum absolute atomic E-state index is 0.106. The number of nitrogens with zero attached hydrogens (tertiary/aromatic N) is 1. The molecule has 0 bridgehead atoms. The molecule has 0 saturated heterocycles. The molecule has 0 aliphatic carbocycles. The van der Waals surface area contributed by atoms with Gasteiger partial charge in [-0.3, -0.25) is 4.79 Å². The second kappa shape index (κ2) is 5.60. The van der Waals surface area contributed by atoms with Crippen LogP contribution in [0.15, 0.2) is 29.5 Å². The van der Waals surface area contributed by atoms with E-state index in [1.807, 2.05) is 32.0 Å². The van der Waals surface area contributed by atoms with Gasteiger partial charge in [0, 0.05) is 19.8 Å². The molecular weight excluding hydrogens is 266 g/mol. The van der Waals surface area contributed by atoms with Crippen LogP contribution in [0.2, 0.25) is 0 Å². The number of carbonyl (C=O) groups is 2. The Kier molecular flexibility index (Phi) is 4.02. The van der Waals surface area contributed by atoms with Gasteiger partial charge in [-0.15, -0.1) is 0 Å². The van der Waals surface area contributed by atoms with Crippen LogP contribution in [0.25, 0.3) is 0 Å². The highest BCUT2D eigenvalue weighted by Gasteiger charge is 2.32. The summed E-state index contributed by atoms with van der Waals surface area (Å²) >= 11 is 0. The van der Waals surface area contributed by atoms with Crippen LogP contribution in [-0.2, 0) is 4.79 Å². The molecule has 1 atom stereocenters. The van der Waals surface area contributed by atoms with E-state index in [2.05, 4.69) is 10.6 Å². The summed E-state index contributed by atoms with van der Waals surface area (Å²) in [5, 5.41) is 5.54. The predicted molar refractivity (Wildman–Crippen MR) is 81.7 cm³/mol. The van der Waals surface area contributed by atoms with Gasteiger partial charge in [0.2, 0.25) is 0 Å². The van der Waals surface area contributed by atoms with E-state index in [9.17, 15) is 9.59 Å². The molecule has 1 aliphatic rings. The van der Waals surface area contributed by atoms with Gasteiger partial charge in [0.1, 0.15) is 0 Å². The van der Waals surface area contributed by atoms with Gasteiger partial charge in [0.15, 0.2) is 0 Å². The molecule has 5 heteroatoms. The standard InChI is InChI=1S/C16H21N3O2/c1-9-6-7-10(2)12(8-9)14-13(15(20)19(4)5)11(3)17-16(21)18-14/h6-8,14H,1-5H3,(H2,17,18,21). The molecule has 1 aromatic carbocycles. The van der Waals surface area contributed by atoms with Crippen molar-refractivity contribution in [2.24, 2.45) is 0 Å². The summed E-state index contributed by atoms with van der Waals surface area (Å²) in [6.45, 7) is 5.74. The van der Waals surface area contributed by atoms with Crippen molar-refractivity contribution in [2.75, 3.05) is 14.1 Å². The molecule has 0 aromatic heterocycles. The molecule has 112 valence electrons. The summed E-state index contributed by atoms with van der Waals surface area (Å²) in [5.74, 6) is -0.106. The fourth-order valence-corrected chi connectivity index (χ4v) is 2.52. The van der Waals surface area contributed by atoms with E-state index in [1.54, 1.807) is 21.0 Å². The Bertz CT molecular complexity index is 632. The van der Waals surface area contributed by atoms with Crippen LogP contribution in [-0.4, -0.2) is 30.9 Å². The summed E-state index contributed by atoms with van der Waals surface area (Å²) in [7, 11) is 3.42. The molecule has 0 spiro atoms. The van der Waals surface area contributed by atoms with Crippen molar-refractivity contribution in [2.45, 2.75) is 26.8 Å². The van der Waals surface area contributed by atoms with Crippen LogP contribution in [0, 0.1) is 13.8 Å². The highest BCUT2D eigenvalue weighted by molar-refractivity contribution is 5.98. The topological polar surface area (TPSA) is 61.4 Å². The van der Waals surface area contributed by atoms with Crippen molar-refractivity contribution in [1.29, 1.82) is 0 Å². The first-order valence-electron chi connectivity index (χ1n) is 6.88. The number of rotatable bonds is 2. The number of urea groups is 1. The van der Waals surface area contributed by atoms with Gasteiger partial charge in [-0.05, 0) is 31.9 Å². The van der Waals surface area contributed by atoms with Crippen LogP contribution < -0.4 is 10.6 Å². The highest BCUT2D eigenvalue weighted by atomic mass is 16.2. The Morgan fingerprint density at radius 1 is 1.19 bits per heavy atom. The molecule has 2 N–H and O–H groups in total. The summed E-state index contributed by atoms with van der Waals surface area (Å²) < 4.78 is 0.